The van der Waals surface area contributed by atoms with E-state index in [1.165, 1.54) is 0 Å². The molecule has 0 fully saturated rings. The molecule has 16 heavy (non-hydrogen) atoms. The number of aryl methyl sites for hydroxylation is 1. The number of rotatable bonds is 2. The Kier molecular flexibility index (Phi) is 2.87. The van der Waals surface area contributed by atoms with E-state index >= 15 is 0 Å². The van der Waals surface area contributed by atoms with Gasteiger partial charge in [0.25, 0.3) is 11.9 Å². The van der Waals surface area contributed by atoms with Crippen LogP contribution in [0.4, 0.5) is 5.95 Å². The van der Waals surface area contributed by atoms with Crippen molar-refractivity contribution < 1.29 is 9.32 Å². The Morgan fingerprint density at radius 1 is 1.44 bits per heavy atom. The van der Waals surface area contributed by atoms with Gasteiger partial charge in [0, 0.05) is 6.92 Å². The summed E-state index contributed by atoms with van der Waals surface area (Å²) in [5.41, 5.74) is 0.367. The Labute approximate surface area is 96.4 Å². The van der Waals surface area contributed by atoms with E-state index in [1.54, 1.807) is 31.2 Å². The lowest BCUT2D eigenvalue weighted by atomic mass is 10.2. The zero-order valence-corrected chi connectivity index (χ0v) is 9.15. The summed E-state index contributed by atoms with van der Waals surface area (Å²) >= 11 is 5.87. The topological polar surface area (TPSA) is 68.0 Å². The first-order chi connectivity index (χ1) is 7.66. The lowest BCUT2D eigenvalue weighted by Gasteiger charge is -2.01. The van der Waals surface area contributed by atoms with E-state index < -0.39 is 0 Å². The van der Waals surface area contributed by atoms with Crippen molar-refractivity contribution in [1.82, 2.24) is 10.1 Å². The SMILES string of the molecule is Cc1nc(NC(=O)c2ccccc2Cl)no1. The smallest absolute Gasteiger partial charge is 0.270 e. The van der Waals surface area contributed by atoms with Gasteiger partial charge in [0.2, 0.25) is 5.89 Å². The number of nitrogens with zero attached hydrogens (tertiary/aromatic N) is 2. The van der Waals surface area contributed by atoms with Crippen LogP contribution in [0.5, 0.6) is 0 Å². The van der Waals surface area contributed by atoms with Crippen molar-refractivity contribution in [3.05, 3.63) is 40.7 Å². The number of anilines is 1. The van der Waals surface area contributed by atoms with Gasteiger partial charge in [-0.15, -0.1) is 0 Å². The molecule has 2 aromatic rings. The molecule has 0 saturated carbocycles. The molecule has 1 heterocycles. The Morgan fingerprint density at radius 2 is 2.19 bits per heavy atom. The predicted molar refractivity (Wildman–Crippen MR) is 58.4 cm³/mol. The van der Waals surface area contributed by atoms with Gasteiger partial charge in [-0.2, -0.15) is 4.98 Å². The first kappa shape index (κ1) is 10.6. The Hall–Kier alpha value is -1.88. The summed E-state index contributed by atoms with van der Waals surface area (Å²) in [5.74, 6) is 0.142. The van der Waals surface area contributed by atoms with Crippen LogP contribution in [0.1, 0.15) is 16.2 Å². The predicted octanol–water partition coefficient (Wildman–Crippen LogP) is 2.28. The summed E-state index contributed by atoms with van der Waals surface area (Å²) in [5, 5.41) is 6.41. The average molecular weight is 238 g/mol. The van der Waals surface area contributed by atoms with Crippen LogP contribution in [0, 0.1) is 6.92 Å². The monoisotopic (exact) mass is 237 g/mol. The van der Waals surface area contributed by atoms with E-state index in [9.17, 15) is 4.79 Å². The molecule has 1 aromatic heterocycles. The summed E-state index contributed by atoms with van der Waals surface area (Å²) in [4.78, 5) is 15.6. The van der Waals surface area contributed by atoms with Crippen LogP contribution in [0.25, 0.3) is 0 Å². The molecule has 2 rings (SSSR count). The first-order valence-electron chi connectivity index (χ1n) is 4.53. The first-order valence-corrected chi connectivity index (χ1v) is 4.91. The van der Waals surface area contributed by atoms with Gasteiger partial charge >= 0.3 is 0 Å². The second-order valence-corrected chi connectivity index (χ2v) is 3.48. The van der Waals surface area contributed by atoms with Crippen molar-refractivity contribution in [3.8, 4) is 0 Å². The number of carbonyl (C=O) groups is 1. The highest BCUT2D eigenvalue weighted by molar-refractivity contribution is 6.34. The molecule has 1 N–H and O–H groups in total. The fourth-order valence-electron chi connectivity index (χ4n) is 1.16. The highest BCUT2D eigenvalue weighted by atomic mass is 35.5. The third-order valence-electron chi connectivity index (χ3n) is 1.87. The van der Waals surface area contributed by atoms with Crippen LogP contribution in [-0.4, -0.2) is 16.0 Å². The minimum atomic E-state index is -0.369. The van der Waals surface area contributed by atoms with Gasteiger partial charge in [0.15, 0.2) is 0 Å². The largest absolute Gasteiger partial charge is 0.338 e. The van der Waals surface area contributed by atoms with Crippen LogP contribution in [0.2, 0.25) is 5.02 Å². The van der Waals surface area contributed by atoms with Crippen LogP contribution >= 0.6 is 11.6 Å². The lowest BCUT2D eigenvalue weighted by Crippen LogP contribution is -2.13. The van der Waals surface area contributed by atoms with Crippen molar-refractivity contribution in [2.75, 3.05) is 5.32 Å². The number of carbonyl (C=O) groups excluding carboxylic acids is 1. The van der Waals surface area contributed by atoms with Gasteiger partial charge in [-0.3, -0.25) is 10.1 Å². The molecular formula is C10H8ClN3O2. The molecule has 0 saturated heterocycles. The number of benzene rings is 1. The van der Waals surface area contributed by atoms with E-state index in [4.69, 9.17) is 16.1 Å². The van der Waals surface area contributed by atoms with Crippen LogP contribution in [0.15, 0.2) is 28.8 Å². The van der Waals surface area contributed by atoms with Crippen molar-refractivity contribution in [2.45, 2.75) is 6.92 Å². The molecule has 0 atom stereocenters. The number of aromatic nitrogens is 2. The van der Waals surface area contributed by atoms with Crippen molar-refractivity contribution >= 4 is 23.5 Å². The summed E-state index contributed by atoms with van der Waals surface area (Å²) in [7, 11) is 0. The minimum Gasteiger partial charge on any atom is -0.338 e. The molecule has 0 aliphatic rings. The molecule has 0 aliphatic carbocycles. The van der Waals surface area contributed by atoms with Gasteiger partial charge in [-0.1, -0.05) is 23.7 Å². The normalized spacial score (nSPS) is 10.1. The molecule has 6 heteroatoms. The molecule has 0 bridgehead atoms. The zero-order chi connectivity index (χ0) is 11.5. The van der Waals surface area contributed by atoms with Crippen molar-refractivity contribution in [2.24, 2.45) is 0 Å². The standard InChI is InChI=1S/C10H8ClN3O2/c1-6-12-10(14-16-6)13-9(15)7-4-2-3-5-8(7)11/h2-5H,1H3,(H,13,14,15). The number of halogens is 1. The summed E-state index contributed by atoms with van der Waals surface area (Å²) in [6.07, 6.45) is 0. The number of nitrogens with one attached hydrogen (secondary N) is 1. The second-order valence-electron chi connectivity index (χ2n) is 3.07. The van der Waals surface area contributed by atoms with Gasteiger partial charge in [-0.05, 0) is 17.3 Å². The maximum Gasteiger partial charge on any atom is 0.270 e. The summed E-state index contributed by atoms with van der Waals surface area (Å²) < 4.78 is 4.72. The minimum absolute atomic E-state index is 0.127. The molecule has 1 amide bonds. The highest BCUT2D eigenvalue weighted by Gasteiger charge is 2.12. The molecule has 5 nitrogen and oxygen atoms in total. The summed E-state index contributed by atoms with van der Waals surface area (Å²) in [6.45, 7) is 1.64. The van der Waals surface area contributed by atoms with E-state index in [-0.39, 0.29) is 11.9 Å². The van der Waals surface area contributed by atoms with Gasteiger partial charge in [-0.25, -0.2) is 0 Å². The fraction of sp³-hybridized carbons (Fsp3) is 0.100. The van der Waals surface area contributed by atoms with E-state index in [0.29, 0.717) is 16.5 Å². The molecule has 1 aromatic carbocycles. The summed E-state index contributed by atoms with van der Waals surface area (Å²) in [6, 6.07) is 6.72. The molecule has 82 valence electrons. The number of hydrogen-bond acceptors (Lipinski definition) is 4. The lowest BCUT2D eigenvalue weighted by molar-refractivity contribution is 0.102. The van der Waals surface area contributed by atoms with Crippen LogP contribution in [0.3, 0.4) is 0 Å². The average Bonchev–Trinajstić information content (AvgIpc) is 2.64. The quantitative estimate of drug-likeness (QED) is 0.870. The molecule has 0 radical (unpaired) electrons. The van der Waals surface area contributed by atoms with Crippen molar-refractivity contribution in [3.63, 3.8) is 0 Å². The van der Waals surface area contributed by atoms with Gasteiger partial charge < -0.3 is 4.52 Å². The Bertz CT molecular complexity index is 524. The molecule has 0 aliphatic heterocycles. The number of amides is 1. The molecular weight excluding hydrogens is 230 g/mol. The van der Waals surface area contributed by atoms with Gasteiger partial charge in [0.05, 0.1) is 10.6 Å². The third kappa shape index (κ3) is 2.20. The van der Waals surface area contributed by atoms with Crippen LogP contribution < -0.4 is 5.32 Å². The third-order valence-corrected chi connectivity index (χ3v) is 2.20. The molecule has 0 spiro atoms. The zero-order valence-electron chi connectivity index (χ0n) is 8.40. The van der Waals surface area contributed by atoms with Gasteiger partial charge in [0.1, 0.15) is 0 Å². The Balaban J connectivity index is 2.18. The highest BCUT2D eigenvalue weighted by Crippen LogP contribution is 2.16. The molecule has 0 unspecified atom stereocenters. The fourth-order valence-corrected chi connectivity index (χ4v) is 1.39. The van der Waals surface area contributed by atoms with E-state index in [2.05, 4.69) is 15.5 Å². The van der Waals surface area contributed by atoms with E-state index in [0.717, 1.165) is 0 Å². The second kappa shape index (κ2) is 4.32. The maximum atomic E-state index is 11.7. The Morgan fingerprint density at radius 3 is 2.81 bits per heavy atom. The maximum absolute atomic E-state index is 11.7. The van der Waals surface area contributed by atoms with Crippen molar-refractivity contribution in [1.29, 1.82) is 0 Å². The number of hydrogen-bond donors (Lipinski definition) is 1. The van der Waals surface area contributed by atoms with Crippen LogP contribution in [-0.2, 0) is 0 Å². The van der Waals surface area contributed by atoms with E-state index in [1.807, 2.05) is 0 Å².